The number of anilines is 1. The molecule has 0 fully saturated rings. The Bertz CT molecular complexity index is 1290. The van der Waals surface area contributed by atoms with E-state index in [1.54, 1.807) is 48.7 Å². The van der Waals surface area contributed by atoms with E-state index in [1.165, 1.54) is 11.9 Å². The Morgan fingerprint density at radius 2 is 1.61 bits per heavy atom. The van der Waals surface area contributed by atoms with Gasteiger partial charge < -0.3 is 14.6 Å². The standard InChI is InChI=1S/C25H19Cl2N3O3/c1-30(15-22(31)29-23-19(26)12-7-13-20(23)27)25(32)18-11-6-5-10-17(18)24-28-14-21(33-24)16-8-3-2-4-9-16/h2-14H,15H2,1H3,(H,29,31). The van der Waals surface area contributed by atoms with Gasteiger partial charge in [0.1, 0.15) is 0 Å². The molecule has 166 valence electrons. The Kier molecular flexibility index (Phi) is 6.77. The first-order valence-corrected chi connectivity index (χ1v) is 10.8. The average Bonchev–Trinajstić information content (AvgIpc) is 3.32. The third-order valence-electron chi connectivity index (χ3n) is 4.91. The predicted octanol–water partition coefficient (Wildman–Crippen LogP) is 6.03. The van der Waals surface area contributed by atoms with E-state index in [4.69, 9.17) is 27.6 Å². The van der Waals surface area contributed by atoms with Crippen molar-refractivity contribution in [1.29, 1.82) is 0 Å². The number of aromatic nitrogens is 1. The van der Waals surface area contributed by atoms with Crippen molar-refractivity contribution in [1.82, 2.24) is 9.88 Å². The molecule has 33 heavy (non-hydrogen) atoms. The van der Waals surface area contributed by atoms with Crippen LogP contribution in [0.3, 0.4) is 0 Å². The first-order valence-electron chi connectivity index (χ1n) is 10.0. The van der Waals surface area contributed by atoms with Crippen LogP contribution in [0.1, 0.15) is 10.4 Å². The van der Waals surface area contributed by atoms with Crippen molar-refractivity contribution in [3.63, 3.8) is 0 Å². The molecule has 1 heterocycles. The van der Waals surface area contributed by atoms with E-state index < -0.39 is 5.91 Å². The number of rotatable bonds is 6. The maximum absolute atomic E-state index is 13.2. The summed E-state index contributed by atoms with van der Waals surface area (Å²) in [4.78, 5) is 31.3. The number of benzene rings is 3. The molecule has 2 amide bonds. The van der Waals surface area contributed by atoms with Crippen molar-refractivity contribution in [2.75, 3.05) is 18.9 Å². The molecule has 1 N–H and O–H groups in total. The number of hydrogen-bond donors (Lipinski definition) is 1. The van der Waals surface area contributed by atoms with Gasteiger partial charge in [-0.05, 0) is 24.3 Å². The van der Waals surface area contributed by atoms with Crippen molar-refractivity contribution in [3.8, 4) is 22.8 Å². The van der Waals surface area contributed by atoms with E-state index in [1.807, 2.05) is 30.3 Å². The van der Waals surface area contributed by atoms with Gasteiger partial charge in [0.2, 0.25) is 11.8 Å². The summed E-state index contributed by atoms with van der Waals surface area (Å²) in [5.41, 5.74) is 2.09. The molecular weight excluding hydrogens is 461 g/mol. The number of hydrogen-bond acceptors (Lipinski definition) is 4. The lowest BCUT2D eigenvalue weighted by Gasteiger charge is -2.18. The van der Waals surface area contributed by atoms with Crippen molar-refractivity contribution in [3.05, 3.63) is 94.6 Å². The highest BCUT2D eigenvalue weighted by Gasteiger charge is 2.21. The minimum Gasteiger partial charge on any atom is -0.436 e. The topological polar surface area (TPSA) is 75.4 Å². The van der Waals surface area contributed by atoms with Crippen LogP contribution >= 0.6 is 23.2 Å². The number of oxazole rings is 1. The largest absolute Gasteiger partial charge is 0.436 e. The Morgan fingerprint density at radius 1 is 0.939 bits per heavy atom. The molecule has 0 aliphatic rings. The number of carbonyl (C=O) groups excluding carboxylic acids is 2. The smallest absolute Gasteiger partial charge is 0.254 e. The molecule has 0 unspecified atom stereocenters. The Balaban J connectivity index is 1.52. The van der Waals surface area contributed by atoms with Gasteiger partial charge in [0.25, 0.3) is 5.91 Å². The molecule has 4 rings (SSSR count). The fourth-order valence-corrected chi connectivity index (χ4v) is 3.77. The van der Waals surface area contributed by atoms with E-state index >= 15 is 0 Å². The lowest BCUT2D eigenvalue weighted by Crippen LogP contribution is -2.35. The van der Waals surface area contributed by atoms with Crippen LogP contribution in [-0.2, 0) is 4.79 Å². The van der Waals surface area contributed by atoms with Gasteiger partial charge in [-0.2, -0.15) is 0 Å². The first-order chi connectivity index (χ1) is 15.9. The molecule has 3 aromatic carbocycles. The van der Waals surface area contributed by atoms with E-state index in [-0.39, 0.29) is 12.5 Å². The maximum atomic E-state index is 13.2. The summed E-state index contributed by atoms with van der Waals surface area (Å²) < 4.78 is 5.92. The lowest BCUT2D eigenvalue weighted by molar-refractivity contribution is -0.116. The Labute approximate surface area is 200 Å². The fraction of sp³-hybridized carbons (Fsp3) is 0.0800. The van der Waals surface area contributed by atoms with Crippen LogP contribution in [0.25, 0.3) is 22.8 Å². The number of amides is 2. The second kappa shape index (κ2) is 9.90. The summed E-state index contributed by atoms with van der Waals surface area (Å²) in [6, 6.07) is 21.4. The van der Waals surface area contributed by atoms with Gasteiger partial charge in [-0.15, -0.1) is 0 Å². The molecule has 0 bridgehead atoms. The molecule has 4 aromatic rings. The van der Waals surface area contributed by atoms with E-state index in [2.05, 4.69) is 10.3 Å². The second-order valence-corrected chi connectivity index (χ2v) is 8.06. The third-order valence-corrected chi connectivity index (χ3v) is 5.54. The molecule has 0 aliphatic heterocycles. The second-order valence-electron chi connectivity index (χ2n) is 7.25. The number of nitrogens with zero attached hydrogens (tertiary/aromatic N) is 2. The van der Waals surface area contributed by atoms with Crippen molar-refractivity contribution in [2.45, 2.75) is 0 Å². The molecule has 1 aromatic heterocycles. The van der Waals surface area contributed by atoms with Crippen LogP contribution in [-0.4, -0.2) is 35.3 Å². The minimum absolute atomic E-state index is 0.199. The zero-order valence-electron chi connectivity index (χ0n) is 17.6. The SMILES string of the molecule is CN(CC(=O)Nc1c(Cl)cccc1Cl)C(=O)c1ccccc1-c1ncc(-c2ccccc2)o1. The van der Waals surface area contributed by atoms with Gasteiger partial charge in [0.05, 0.1) is 34.0 Å². The summed E-state index contributed by atoms with van der Waals surface area (Å²) >= 11 is 12.2. The summed E-state index contributed by atoms with van der Waals surface area (Å²) in [6.07, 6.45) is 1.62. The summed E-state index contributed by atoms with van der Waals surface area (Å²) in [6.45, 7) is -0.199. The van der Waals surface area contributed by atoms with Gasteiger partial charge in [-0.3, -0.25) is 9.59 Å². The zero-order valence-corrected chi connectivity index (χ0v) is 19.1. The fourth-order valence-electron chi connectivity index (χ4n) is 3.28. The average molecular weight is 480 g/mol. The molecule has 0 saturated heterocycles. The Hall–Kier alpha value is -3.61. The van der Waals surface area contributed by atoms with Gasteiger partial charge >= 0.3 is 0 Å². The number of carbonyl (C=O) groups is 2. The summed E-state index contributed by atoms with van der Waals surface area (Å²) in [5, 5.41) is 3.28. The van der Waals surface area contributed by atoms with Crippen LogP contribution in [0, 0.1) is 0 Å². The highest BCUT2D eigenvalue weighted by molar-refractivity contribution is 6.39. The number of nitrogens with one attached hydrogen (secondary N) is 1. The zero-order chi connectivity index (χ0) is 23.4. The summed E-state index contributed by atoms with van der Waals surface area (Å²) in [5.74, 6) is 0.127. The van der Waals surface area contributed by atoms with Gasteiger partial charge in [0, 0.05) is 18.2 Å². The van der Waals surface area contributed by atoms with Crippen molar-refractivity contribution >= 4 is 40.7 Å². The molecule has 0 radical (unpaired) electrons. The highest BCUT2D eigenvalue weighted by Crippen LogP contribution is 2.30. The maximum Gasteiger partial charge on any atom is 0.254 e. The molecule has 0 saturated carbocycles. The number of likely N-dealkylation sites (N-methyl/N-ethyl adjacent to an activating group) is 1. The molecule has 0 atom stereocenters. The van der Waals surface area contributed by atoms with Crippen LogP contribution in [0.2, 0.25) is 10.0 Å². The van der Waals surface area contributed by atoms with Crippen LogP contribution in [0.15, 0.2) is 83.4 Å². The molecule has 0 aliphatic carbocycles. The van der Waals surface area contributed by atoms with E-state index in [9.17, 15) is 9.59 Å². The van der Waals surface area contributed by atoms with E-state index in [0.717, 1.165) is 5.56 Å². The normalized spacial score (nSPS) is 10.6. The van der Waals surface area contributed by atoms with E-state index in [0.29, 0.717) is 38.5 Å². The molecule has 8 heteroatoms. The van der Waals surface area contributed by atoms with Gasteiger partial charge in [-0.1, -0.05) is 71.7 Å². The van der Waals surface area contributed by atoms with Gasteiger partial charge in [0.15, 0.2) is 5.76 Å². The van der Waals surface area contributed by atoms with Crippen LogP contribution in [0.4, 0.5) is 5.69 Å². The number of para-hydroxylation sites is 1. The first kappa shape index (κ1) is 22.6. The van der Waals surface area contributed by atoms with Crippen molar-refractivity contribution < 1.29 is 14.0 Å². The predicted molar refractivity (Wildman–Crippen MR) is 129 cm³/mol. The quantitative estimate of drug-likeness (QED) is 0.366. The third kappa shape index (κ3) is 5.08. The molecular formula is C25H19Cl2N3O3. The van der Waals surface area contributed by atoms with Gasteiger partial charge in [-0.25, -0.2) is 4.98 Å². The minimum atomic E-state index is -0.430. The monoisotopic (exact) mass is 479 g/mol. The number of halogens is 2. The van der Waals surface area contributed by atoms with Crippen molar-refractivity contribution in [2.24, 2.45) is 0 Å². The summed E-state index contributed by atoms with van der Waals surface area (Å²) in [7, 11) is 1.54. The Morgan fingerprint density at radius 3 is 2.33 bits per heavy atom. The molecule has 6 nitrogen and oxygen atoms in total. The lowest BCUT2D eigenvalue weighted by atomic mass is 10.1. The van der Waals surface area contributed by atoms with Crippen LogP contribution < -0.4 is 5.32 Å². The molecule has 0 spiro atoms. The van der Waals surface area contributed by atoms with Crippen LogP contribution in [0.5, 0.6) is 0 Å². The highest BCUT2D eigenvalue weighted by atomic mass is 35.5.